The predicted molar refractivity (Wildman–Crippen MR) is 161 cm³/mol. The minimum absolute atomic E-state index is 0.0402. The maximum atomic E-state index is 13.0. The Morgan fingerprint density at radius 3 is 2.29 bits per heavy atom. The second-order valence-corrected chi connectivity index (χ2v) is 11.1. The lowest BCUT2D eigenvalue weighted by molar-refractivity contribution is -0.144. The molecule has 0 aliphatic heterocycles. The van der Waals surface area contributed by atoms with Crippen molar-refractivity contribution in [1.29, 1.82) is 0 Å². The summed E-state index contributed by atoms with van der Waals surface area (Å²) in [5.41, 5.74) is 10.9. The van der Waals surface area contributed by atoms with Crippen molar-refractivity contribution in [2.24, 2.45) is 5.73 Å². The molecule has 0 saturated carbocycles. The maximum absolute atomic E-state index is 13.0. The number of phenolic OH excluding ortho intramolecular Hbond substituents is 1. The number of nitrogens with two attached hydrogens (primary N) is 1. The molecule has 2 aromatic carbocycles. The highest BCUT2D eigenvalue weighted by atomic mass is 16.3. The molecule has 1 atom stereocenters. The van der Waals surface area contributed by atoms with Crippen molar-refractivity contribution in [2.75, 3.05) is 18.4 Å². The normalized spacial score (nSPS) is 12.1. The van der Waals surface area contributed by atoms with Gasteiger partial charge in [-0.05, 0) is 65.8 Å². The third kappa shape index (κ3) is 7.58. The van der Waals surface area contributed by atoms with Crippen LogP contribution in [-0.2, 0) is 21.4 Å². The first-order chi connectivity index (χ1) is 19.5. The largest absolute Gasteiger partial charge is 0.508 e. The summed E-state index contributed by atoms with van der Waals surface area (Å²) in [6.45, 7) is 8.65. The predicted octanol–water partition coefficient (Wildman–Crippen LogP) is 4.68. The molecule has 2 amide bonds. The fraction of sp³-hybridized carbons (Fsp3) is 0.312. The molecular formula is C32H38N6O3. The zero-order valence-electron chi connectivity index (χ0n) is 24.0. The van der Waals surface area contributed by atoms with E-state index in [1.807, 2.05) is 22.9 Å². The van der Waals surface area contributed by atoms with Crippen LogP contribution in [0.5, 0.6) is 5.75 Å². The number of carbonyl (C=O) groups is 2. The molecule has 0 saturated heterocycles. The topological polar surface area (TPSA) is 126 Å². The lowest BCUT2D eigenvalue weighted by atomic mass is 9.87. The third-order valence-electron chi connectivity index (χ3n) is 6.88. The highest BCUT2D eigenvalue weighted by molar-refractivity contribution is 5.96. The average molecular weight is 555 g/mol. The quantitative estimate of drug-likeness (QED) is 0.243. The van der Waals surface area contributed by atoms with E-state index < -0.39 is 11.9 Å². The number of hydrogen-bond donors (Lipinski definition) is 3. The summed E-state index contributed by atoms with van der Waals surface area (Å²) in [5.74, 6) is 0.169. The second-order valence-electron chi connectivity index (χ2n) is 11.1. The smallest absolute Gasteiger partial charge is 0.246 e. The SMILES string of the molecule is CC(=O)N(CCCNc1cc(-c2ccncc2)nn1-c1ccc(C(C)(C)C)cc1)C(=O)C(N)Cc1ccc(O)cc1. The molecule has 0 aliphatic carbocycles. The van der Waals surface area contributed by atoms with Crippen molar-refractivity contribution >= 4 is 17.6 Å². The summed E-state index contributed by atoms with van der Waals surface area (Å²) in [7, 11) is 0. The molecule has 0 fully saturated rings. The summed E-state index contributed by atoms with van der Waals surface area (Å²) >= 11 is 0. The number of nitrogens with one attached hydrogen (secondary N) is 1. The lowest BCUT2D eigenvalue weighted by Gasteiger charge is -2.23. The molecule has 0 spiro atoms. The number of anilines is 1. The van der Waals surface area contributed by atoms with Gasteiger partial charge in [0.15, 0.2) is 0 Å². The third-order valence-corrected chi connectivity index (χ3v) is 6.88. The Morgan fingerprint density at radius 1 is 1.02 bits per heavy atom. The standard InChI is InChI=1S/C32H38N6O3/c1-22(39)37(31(41)28(33)20-23-6-12-27(40)13-7-23)19-5-16-35-30-21-29(24-14-17-34-18-15-24)36-38(30)26-10-8-25(9-11-26)32(2,3)4/h6-15,17-18,21,28,35,40H,5,16,19-20,33H2,1-4H3. The van der Waals surface area contributed by atoms with Crippen molar-refractivity contribution in [3.63, 3.8) is 0 Å². The van der Waals surface area contributed by atoms with Crippen LogP contribution in [0.25, 0.3) is 16.9 Å². The van der Waals surface area contributed by atoms with Crippen LogP contribution >= 0.6 is 0 Å². The van der Waals surface area contributed by atoms with Gasteiger partial charge in [0, 0.05) is 44.0 Å². The first-order valence-electron chi connectivity index (χ1n) is 13.7. The fourth-order valence-electron chi connectivity index (χ4n) is 4.52. The number of imide groups is 1. The van der Waals surface area contributed by atoms with Gasteiger partial charge in [0.1, 0.15) is 11.6 Å². The number of rotatable bonds is 10. The highest BCUT2D eigenvalue weighted by Gasteiger charge is 2.24. The lowest BCUT2D eigenvalue weighted by Crippen LogP contribution is -2.47. The maximum Gasteiger partial charge on any atom is 0.246 e. The number of benzene rings is 2. The molecule has 41 heavy (non-hydrogen) atoms. The van der Waals surface area contributed by atoms with Crippen LogP contribution in [0.15, 0.2) is 79.1 Å². The number of phenols is 1. The van der Waals surface area contributed by atoms with Crippen LogP contribution in [0.4, 0.5) is 5.82 Å². The summed E-state index contributed by atoms with van der Waals surface area (Å²) in [4.78, 5) is 30.6. The van der Waals surface area contributed by atoms with Gasteiger partial charge < -0.3 is 16.2 Å². The molecule has 9 nitrogen and oxygen atoms in total. The van der Waals surface area contributed by atoms with Gasteiger partial charge in [0.2, 0.25) is 11.8 Å². The zero-order chi connectivity index (χ0) is 29.6. The van der Waals surface area contributed by atoms with Crippen LogP contribution in [0, 0.1) is 0 Å². The van der Waals surface area contributed by atoms with E-state index in [0.717, 1.165) is 28.3 Å². The monoisotopic (exact) mass is 554 g/mol. The van der Waals surface area contributed by atoms with E-state index in [1.54, 1.807) is 36.7 Å². The fourth-order valence-corrected chi connectivity index (χ4v) is 4.52. The number of aromatic nitrogens is 3. The molecule has 0 radical (unpaired) electrons. The molecule has 214 valence electrons. The van der Waals surface area contributed by atoms with E-state index in [2.05, 4.69) is 55.3 Å². The first kappa shape index (κ1) is 29.5. The Kier molecular flexibility index (Phi) is 9.19. The van der Waals surface area contributed by atoms with Gasteiger partial charge in [-0.15, -0.1) is 0 Å². The number of amides is 2. The Labute approximate surface area is 241 Å². The molecule has 2 aromatic heterocycles. The number of pyridine rings is 1. The number of hydrogen-bond acceptors (Lipinski definition) is 7. The molecule has 4 rings (SSSR count). The Balaban J connectivity index is 1.45. The van der Waals surface area contributed by atoms with Crippen LogP contribution in [0.2, 0.25) is 0 Å². The Morgan fingerprint density at radius 2 is 1.68 bits per heavy atom. The Bertz CT molecular complexity index is 1460. The van der Waals surface area contributed by atoms with E-state index in [0.29, 0.717) is 13.0 Å². The van der Waals surface area contributed by atoms with Crippen LogP contribution in [0.1, 0.15) is 45.2 Å². The van der Waals surface area contributed by atoms with Crippen molar-refractivity contribution in [3.05, 3.63) is 90.3 Å². The number of aromatic hydroxyl groups is 1. The van der Waals surface area contributed by atoms with E-state index in [4.69, 9.17) is 10.8 Å². The van der Waals surface area contributed by atoms with E-state index >= 15 is 0 Å². The molecule has 1 unspecified atom stereocenters. The van der Waals surface area contributed by atoms with Gasteiger partial charge >= 0.3 is 0 Å². The van der Waals surface area contributed by atoms with Gasteiger partial charge in [0.25, 0.3) is 0 Å². The van der Waals surface area contributed by atoms with Gasteiger partial charge in [-0.3, -0.25) is 19.5 Å². The average Bonchev–Trinajstić information content (AvgIpc) is 3.38. The van der Waals surface area contributed by atoms with Gasteiger partial charge in [0.05, 0.1) is 17.4 Å². The second kappa shape index (κ2) is 12.8. The number of carbonyl (C=O) groups excluding carboxylic acids is 2. The van der Waals surface area contributed by atoms with Crippen molar-refractivity contribution < 1.29 is 14.7 Å². The molecule has 9 heteroatoms. The molecule has 0 bridgehead atoms. The molecular weight excluding hydrogens is 516 g/mol. The molecule has 4 aromatic rings. The first-order valence-corrected chi connectivity index (χ1v) is 13.7. The highest BCUT2D eigenvalue weighted by Crippen LogP contribution is 2.27. The minimum atomic E-state index is -0.864. The summed E-state index contributed by atoms with van der Waals surface area (Å²) in [6.07, 6.45) is 4.26. The summed E-state index contributed by atoms with van der Waals surface area (Å²) in [5, 5.41) is 17.8. The Hall–Kier alpha value is -4.50. The van der Waals surface area contributed by atoms with Crippen LogP contribution in [-0.4, -0.2) is 55.7 Å². The van der Waals surface area contributed by atoms with Gasteiger partial charge in [-0.1, -0.05) is 45.0 Å². The minimum Gasteiger partial charge on any atom is -0.508 e. The van der Waals surface area contributed by atoms with Crippen LogP contribution < -0.4 is 11.1 Å². The van der Waals surface area contributed by atoms with E-state index in [-0.39, 0.29) is 30.0 Å². The van der Waals surface area contributed by atoms with Gasteiger partial charge in [-0.2, -0.15) is 5.10 Å². The molecule has 4 N–H and O–H groups in total. The van der Waals surface area contributed by atoms with Crippen molar-refractivity contribution in [3.8, 4) is 22.7 Å². The van der Waals surface area contributed by atoms with Crippen LogP contribution in [0.3, 0.4) is 0 Å². The van der Waals surface area contributed by atoms with Gasteiger partial charge in [-0.25, -0.2) is 4.68 Å². The number of nitrogens with zero attached hydrogens (tertiary/aromatic N) is 4. The molecule has 2 heterocycles. The van der Waals surface area contributed by atoms with Crippen molar-refractivity contribution in [2.45, 2.75) is 52.0 Å². The van der Waals surface area contributed by atoms with E-state index in [1.165, 1.54) is 17.4 Å². The van der Waals surface area contributed by atoms with E-state index in [9.17, 15) is 14.7 Å². The van der Waals surface area contributed by atoms with Crippen molar-refractivity contribution in [1.82, 2.24) is 19.7 Å². The summed E-state index contributed by atoms with van der Waals surface area (Å²) < 4.78 is 1.86. The molecule has 0 aliphatic rings. The zero-order valence-corrected chi connectivity index (χ0v) is 24.0. The summed E-state index contributed by atoms with van der Waals surface area (Å²) in [6, 6.07) is 19.8.